The lowest BCUT2D eigenvalue weighted by molar-refractivity contribution is 0.341. The quantitative estimate of drug-likeness (QED) is 0.676. The Hall–Kier alpha value is -2.88. The molecule has 0 saturated carbocycles. The summed E-state index contributed by atoms with van der Waals surface area (Å²) in [4.78, 5) is 26.1. The first-order valence-electron chi connectivity index (χ1n) is 7.90. The van der Waals surface area contributed by atoms with Gasteiger partial charge in [0.2, 0.25) is 5.43 Å². The van der Waals surface area contributed by atoms with Gasteiger partial charge in [-0.15, -0.1) is 0 Å². The number of aryl methyl sites for hydroxylation is 1. The van der Waals surface area contributed by atoms with Gasteiger partial charge in [-0.1, -0.05) is 42.0 Å². The van der Waals surface area contributed by atoms with Crippen LogP contribution in [-0.2, 0) is 0 Å². The van der Waals surface area contributed by atoms with Gasteiger partial charge in [-0.2, -0.15) is 0 Å². The van der Waals surface area contributed by atoms with Crippen LogP contribution in [0.15, 0.2) is 58.1 Å². The Balaban J connectivity index is 2.08. The topological polar surface area (TPSA) is 46.6 Å². The highest BCUT2D eigenvalue weighted by molar-refractivity contribution is 5.86. The molecule has 0 unspecified atom stereocenters. The molecule has 0 bridgehead atoms. The minimum absolute atomic E-state index is 0.413. The van der Waals surface area contributed by atoms with Crippen LogP contribution in [0.5, 0.6) is 5.75 Å². The maximum Gasteiger partial charge on any atom is 0.250 e. The highest BCUT2D eigenvalue weighted by Crippen LogP contribution is 2.35. The number of hydrogen-bond acceptors (Lipinski definition) is 4. The Bertz CT molecular complexity index is 934. The highest BCUT2D eigenvalue weighted by atomic mass is 16.5. The van der Waals surface area contributed by atoms with E-state index in [1.807, 2.05) is 62.4 Å². The molecule has 0 spiro atoms. The van der Waals surface area contributed by atoms with Crippen LogP contribution in [0, 0.1) is 6.92 Å². The van der Waals surface area contributed by atoms with Gasteiger partial charge in [0.15, 0.2) is 0 Å². The predicted octanol–water partition coefficient (Wildman–Crippen LogP) is 3.42. The van der Waals surface area contributed by atoms with E-state index >= 15 is 0 Å². The van der Waals surface area contributed by atoms with Crippen molar-refractivity contribution in [1.29, 1.82) is 0 Å². The second kappa shape index (κ2) is 6.32. The van der Waals surface area contributed by atoms with Crippen molar-refractivity contribution in [1.82, 2.24) is 0 Å². The molecule has 0 atom stereocenters. The molecule has 3 aromatic carbocycles. The summed E-state index contributed by atoms with van der Waals surface area (Å²) in [7, 11) is 1.78. The standard InChI is InChI=1S/C20H19NO3/c1-4-24-16-8-6-5-7-15(16)21(3)18-17(19(22)20(18)23)14-11-9-13(2)10-12-14/h5-12H,4H2,1-3H3. The molecule has 0 radical (unpaired) electrons. The summed E-state index contributed by atoms with van der Waals surface area (Å²) in [5.74, 6) is 0.686. The molecule has 0 aliphatic heterocycles. The number of hydrogen-bond donors (Lipinski definition) is 0. The van der Waals surface area contributed by atoms with Crippen LogP contribution < -0.4 is 20.5 Å². The minimum Gasteiger partial charge on any atom is -0.492 e. The van der Waals surface area contributed by atoms with Crippen molar-refractivity contribution in [3.05, 3.63) is 74.5 Å². The van der Waals surface area contributed by atoms with Crippen molar-refractivity contribution in [2.45, 2.75) is 13.8 Å². The van der Waals surface area contributed by atoms with Gasteiger partial charge in [0.05, 0.1) is 17.9 Å². The lowest BCUT2D eigenvalue weighted by atomic mass is 9.96. The van der Waals surface area contributed by atoms with Gasteiger partial charge in [0.25, 0.3) is 5.43 Å². The SMILES string of the molecule is CCOc1ccccc1N(C)c1c(-c2ccc(C)cc2)c(=O)c1=O. The summed E-state index contributed by atoms with van der Waals surface area (Å²) in [5.41, 5.74) is 2.62. The summed E-state index contributed by atoms with van der Waals surface area (Å²) in [6.45, 7) is 4.42. The van der Waals surface area contributed by atoms with E-state index in [-0.39, 0.29) is 0 Å². The summed E-state index contributed by atoms with van der Waals surface area (Å²) < 4.78 is 5.64. The van der Waals surface area contributed by atoms with Gasteiger partial charge in [-0.3, -0.25) is 9.59 Å². The van der Waals surface area contributed by atoms with Gasteiger partial charge in [0.1, 0.15) is 11.4 Å². The molecule has 0 aliphatic carbocycles. The van der Waals surface area contributed by atoms with Crippen molar-refractivity contribution in [2.75, 3.05) is 18.6 Å². The van der Waals surface area contributed by atoms with Crippen LogP contribution in [0.25, 0.3) is 11.1 Å². The first-order valence-corrected chi connectivity index (χ1v) is 7.90. The number of rotatable bonds is 5. The van der Waals surface area contributed by atoms with Crippen molar-refractivity contribution in [2.24, 2.45) is 0 Å². The summed E-state index contributed by atoms with van der Waals surface area (Å²) in [5, 5.41) is 0. The first-order chi connectivity index (χ1) is 11.5. The Morgan fingerprint density at radius 1 is 0.958 bits per heavy atom. The van der Waals surface area contributed by atoms with E-state index in [2.05, 4.69) is 0 Å². The number of nitrogens with zero attached hydrogens (tertiary/aromatic N) is 1. The van der Waals surface area contributed by atoms with Crippen LogP contribution in [0.4, 0.5) is 11.4 Å². The van der Waals surface area contributed by atoms with Gasteiger partial charge >= 0.3 is 0 Å². The molecule has 0 heterocycles. The van der Waals surface area contributed by atoms with Crippen LogP contribution in [0.1, 0.15) is 12.5 Å². The largest absolute Gasteiger partial charge is 0.492 e. The molecular weight excluding hydrogens is 302 g/mol. The normalized spacial score (nSPS) is 10.8. The summed E-state index contributed by atoms with van der Waals surface area (Å²) in [6, 6.07) is 15.1. The van der Waals surface area contributed by atoms with Crippen molar-refractivity contribution in [3.8, 4) is 16.9 Å². The summed E-state index contributed by atoms with van der Waals surface area (Å²) >= 11 is 0. The van der Waals surface area contributed by atoms with Crippen LogP contribution in [-0.4, -0.2) is 13.7 Å². The second-order valence-corrected chi connectivity index (χ2v) is 5.71. The smallest absolute Gasteiger partial charge is 0.250 e. The van der Waals surface area contributed by atoms with Crippen molar-refractivity contribution < 1.29 is 4.74 Å². The van der Waals surface area contributed by atoms with E-state index in [1.54, 1.807) is 11.9 Å². The molecule has 3 rings (SSSR count). The second-order valence-electron chi connectivity index (χ2n) is 5.71. The van der Waals surface area contributed by atoms with E-state index in [4.69, 9.17) is 4.74 Å². The van der Waals surface area contributed by atoms with Crippen molar-refractivity contribution in [3.63, 3.8) is 0 Å². The third-order valence-corrected chi connectivity index (χ3v) is 4.09. The summed E-state index contributed by atoms with van der Waals surface area (Å²) in [6.07, 6.45) is 0. The average molecular weight is 321 g/mol. The van der Waals surface area contributed by atoms with E-state index in [0.29, 0.717) is 23.6 Å². The maximum absolute atomic E-state index is 12.2. The zero-order valence-corrected chi connectivity index (χ0v) is 14.0. The van der Waals surface area contributed by atoms with Gasteiger partial charge < -0.3 is 9.64 Å². The number of benzene rings is 2. The molecule has 0 aliphatic rings. The molecule has 122 valence electrons. The molecule has 4 heteroatoms. The average Bonchev–Trinajstić information content (AvgIpc) is 2.60. The van der Waals surface area contributed by atoms with E-state index < -0.39 is 10.9 Å². The fourth-order valence-electron chi connectivity index (χ4n) is 2.82. The molecule has 0 fully saturated rings. The van der Waals surface area contributed by atoms with Crippen LogP contribution >= 0.6 is 0 Å². The monoisotopic (exact) mass is 321 g/mol. The Kier molecular flexibility index (Phi) is 4.21. The Morgan fingerprint density at radius 3 is 2.29 bits per heavy atom. The van der Waals surface area contributed by atoms with Gasteiger partial charge in [-0.05, 0) is 31.5 Å². The third kappa shape index (κ3) is 2.60. The van der Waals surface area contributed by atoms with E-state index in [1.165, 1.54) is 0 Å². The molecule has 4 nitrogen and oxygen atoms in total. The zero-order chi connectivity index (χ0) is 17.3. The molecule has 0 N–H and O–H groups in total. The fraction of sp³-hybridized carbons (Fsp3) is 0.200. The molecular formula is C20H19NO3. The molecule has 0 saturated heterocycles. The fourth-order valence-corrected chi connectivity index (χ4v) is 2.82. The highest BCUT2D eigenvalue weighted by Gasteiger charge is 2.27. The zero-order valence-electron chi connectivity index (χ0n) is 14.0. The molecule has 0 aromatic heterocycles. The van der Waals surface area contributed by atoms with E-state index in [0.717, 1.165) is 16.8 Å². The molecule has 24 heavy (non-hydrogen) atoms. The minimum atomic E-state index is -0.459. The van der Waals surface area contributed by atoms with E-state index in [9.17, 15) is 9.59 Å². The third-order valence-electron chi connectivity index (χ3n) is 4.09. The molecule has 0 amide bonds. The number of para-hydroxylation sites is 2. The predicted molar refractivity (Wildman–Crippen MR) is 97.2 cm³/mol. The Morgan fingerprint density at radius 2 is 1.62 bits per heavy atom. The number of ether oxygens (including phenoxy) is 1. The van der Waals surface area contributed by atoms with Gasteiger partial charge in [0, 0.05) is 7.05 Å². The first kappa shape index (κ1) is 16.0. The van der Waals surface area contributed by atoms with Crippen LogP contribution in [0.2, 0.25) is 0 Å². The maximum atomic E-state index is 12.2. The molecule has 3 aromatic rings. The van der Waals surface area contributed by atoms with Crippen LogP contribution in [0.3, 0.4) is 0 Å². The van der Waals surface area contributed by atoms with Crippen molar-refractivity contribution >= 4 is 11.4 Å². The lowest BCUT2D eigenvalue weighted by Gasteiger charge is -2.25. The number of anilines is 2. The lowest BCUT2D eigenvalue weighted by Crippen LogP contribution is -2.39. The van der Waals surface area contributed by atoms with Gasteiger partial charge in [-0.25, -0.2) is 0 Å². The Labute approximate surface area is 140 Å².